The van der Waals surface area contributed by atoms with Gasteiger partial charge >= 0.3 is 0 Å². The van der Waals surface area contributed by atoms with E-state index in [4.69, 9.17) is 4.52 Å². The number of benzene rings is 2. The molecule has 0 saturated carbocycles. The average Bonchev–Trinajstić information content (AvgIpc) is 2.95. The van der Waals surface area contributed by atoms with E-state index in [1.165, 1.54) is 6.07 Å². The van der Waals surface area contributed by atoms with Crippen molar-refractivity contribution in [1.82, 2.24) is 10.1 Å². The van der Waals surface area contributed by atoms with E-state index in [0.29, 0.717) is 0 Å². The lowest BCUT2D eigenvalue weighted by Gasteiger charge is -1.97. The van der Waals surface area contributed by atoms with Crippen molar-refractivity contribution in [2.24, 2.45) is 0 Å². The van der Waals surface area contributed by atoms with E-state index in [9.17, 15) is 8.78 Å². The highest BCUT2D eigenvalue weighted by molar-refractivity contribution is 5.67. The molecule has 1 heterocycles. The summed E-state index contributed by atoms with van der Waals surface area (Å²) in [6.07, 6.45) is 3.40. The van der Waals surface area contributed by atoms with E-state index in [2.05, 4.69) is 10.1 Å². The van der Waals surface area contributed by atoms with Crippen LogP contribution in [0.4, 0.5) is 8.78 Å². The van der Waals surface area contributed by atoms with Crippen LogP contribution in [-0.4, -0.2) is 10.1 Å². The van der Waals surface area contributed by atoms with Gasteiger partial charge in [0.15, 0.2) is 5.82 Å². The van der Waals surface area contributed by atoms with Gasteiger partial charge in [0.05, 0.1) is 0 Å². The van der Waals surface area contributed by atoms with Crippen molar-refractivity contribution in [3.05, 3.63) is 71.6 Å². The molecule has 0 bridgehead atoms. The third-order valence-corrected chi connectivity index (χ3v) is 2.84. The molecule has 0 N–H and O–H groups in total. The summed E-state index contributed by atoms with van der Waals surface area (Å²) in [5, 5.41) is 3.68. The number of aromatic nitrogens is 2. The Labute approximate surface area is 119 Å². The molecule has 104 valence electrons. The van der Waals surface area contributed by atoms with E-state index in [-0.39, 0.29) is 17.3 Å². The van der Waals surface area contributed by atoms with Gasteiger partial charge in [-0.3, -0.25) is 0 Å². The average molecular weight is 284 g/mol. The van der Waals surface area contributed by atoms with Gasteiger partial charge in [0.25, 0.3) is 5.89 Å². The van der Waals surface area contributed by atoms with E-state index in [1.807, 2.05) is 30.3 Å². The number of halogens is 2. The van der Waals surface area contributed by atoms with Gasteiger partial charge < -0.3 is 4.52 Å². The molecule has 0 radical (unpaired) electrons. The summed E-state index contributed by atoms with van der Waals surface area (Å²) in [5.74, 6) is -1.41. The molecule has 0 aliphatic heterocycles. The van der Waals surface area contributed by atoms with Gasteiger partial charge in [-0.2, -0.15) is 4.98 Å². The van der Waals surface area contributed by atoms with Gasteiger partial charge in [-0.05, 0) is 23.8 Å². The van der Waals surface area contributed by atoms with Gasteiger partial charge in [-0.1, -0.05) is 47.6 Å². The zero-order valence-corrected chi connectivity index (χ0v) is 10.8. The largest absolute Gasteiger partial charge is 0.333 e. The van der Waals surface area contributed by atoms with Crippen LogP contribution in [-0.2, 0) is 0 Å². The second kappa shape index (κ2) is 5.66. The topological polar surface area (TPSA) is 38.9 Å². The van der Waals surface area contributed by atoms with E-state index in [0.717, 1.165) is 17.7 Å². The maximum atomic E-state index is 13.6. The predicted octanol–water partition coefficient (Wildman–Crippen LogP) is 4.19. The standard InChI is InChI=1S/C16H10F2N2O/c17-12-7-4-8-13(18)15(12)16-19-14(20-21-16)10-9-11-5-2-1-3-6-11/h1-10H/b10-9+. The van der Waals surface area contributed by atoms with Crippen molar-refractivity contribution < 1.29 is 13.3 Å². The molecule has 2 aromatic carbocycles. The zero-order valence-electron chi connectivity index (χ0n) is 10.8. The molecule has 0 unspecified atom stereocenters. The molecule has 0 atom stereocenters. The van der Waals surface area contributed by atoms with Crippen LogP contribution in [0.15, 0.2) is 53.1 Å². The molecule has 3 rings (SSSR count). The first-order valence-electron chi connectivity index (χ1n) is 6.25. The van der Waals surface area contributed by atoms with Gasteiger partial charge in [-0.15, -0.1) is 0 Å². The normalized spacial score (nSPS) is 11.1. The van der Waals surface area contributed by atoms with Gasteiger partial charge in [0.1, 0.15) is 17.2 Å². The van der Waals surface area contributed by atoms with Crippen LogP contribution < -0.4 is 0 Å². The monoisotopic (exact) mass is 284 g/mol. The molecular weight excluding hydrogens is 274 g/mol. The molecule has 0 aliphatic rings. The Balaban J connectivity index is 1.89. The molecule has 5 heteroatoms. The van der Waals surface area contributed by atoms with Crippen molar-refractivity contribution >= 4 is 12.2 Å². The SMILES string of the molecule is Fc1cccc(F)c1-c1nc(/C=C/c2ccccc2)no1. The van der Waals surface area contributed by atoms with Crippen LogP contribution in [0.25, 0.3) is 23.6 Å². The van der Waals surface area contributed by atoms with Crippen molar-refractivity contribution in [3.8, 4) is 11.5 Å². The minimum Gasteiger partial charge on any atom is -0.333 e. The Morgan fingerprint density at radius 3 is 2.29 bits per heavy atom. The molecule has 0 aliphatic carbocycles. The Bertz CT molecular complexity index is 762. The van der Waals surface area contributed by atoms with Crippen molar-refractivity contribution in [1.29, 1.82) is 0 Å². The smallest absolute Gasteiger partial charge is 0.264 e. The fourth-order valence-corrected chi connectivity index (χ4v) is 1.84. The first kappa shape index (κ1) is 13.2. The Kier molecular flexibility index (Phi) is 3.55. The third-order valence-electron chi connectivity index (χ3n) is 2.84. The summed E-state index contributed by atoms with van der Waals surface area (Å²) in [7, 11) is 0. The maximum Gasteiger partial charge on any atom is 0.264 e. The van der Waals surface area contributed by atoms with Crippen LogP contribution in [0.1, 0.15) is 11.4 Å². The minimum absolute atomic E-state index is 0.182. The highest BCUT2D eigenvalue weighted by Crippen LogP contribution is 2.24. The second-order valence-electron chi connectivity index (χ2n) is 4.30. The second-order valence-corrected chi connectivity index (χ2v) is 4.30. The molecule has 0 spiro atoms. The maximum absolute atomic E-state index is 13.6. The first-order valence-corrected chi connectivity index (χ1v) is 6.25. The number of hydrogen-bond donors (Lipinski definition) is 0. The number of rotatable bonds is 3. The summed E-state index contributed by atoms with van der Waals surface area (Å²) in [4.78, 5) is 3.97. The van der Waals surface area contributed by atoms with Crippen LogP contribution in [0, 0.1) is 11.6 Å². The molecular formula is C16H10F2N2O. The highest BCUT2D eigenvalue weighted by atomic mass is 19.1. The van der Waals surface area contributed by atoms with Crippen LogP contribution in [0.2, 0.25) is 0 Å². The summed E-state index contributed by atoms with van der Waals surface area (Å²) in [6, 6.07) is 13.1. The summed E-state index contributed by atoms with van der Waals surface area (Å²) in [6.45, 7) is 0. The van der Waals surface area contributed by atoms with E-state index in [1.54, 1.807) is 12.2 Å². The van der Waals surface area contributed by atoms with Gasteiger partial charge in [0.2, 0.25) is 0 Å². The van der Waals surface area contributed by atoms with Gasteiger partial charge in [-0.25, -0.2) is 8.78 Å². The zero-order chi connectivity index (χ0) is 14.7. The predicted molar refractivity (Wildman–Crippen MR) is 75.0 cm³/mol. The number of hydrogen-bond acceptors (Lipinski definition) is 3. The molecule has 0 fully saturated rings. The van der Waals surface area contributed by atoms with E-state index >= 15 is 0 Å². The highest BCUT2D eigenvalue weighted by Gasteiger charge is 2.16. The quantitative estimate of drug-likeness (QED) is 0.724. The molecule has 21 heavy (non-hydrogen) atoms. The Morgan fingerprint density at radius 1 is 0.857 bits per heavy atom. The molecule has 1 aromatic heterocycles. The molecule has 3 nitrogen and oxygen atoms in total. The van der Waals surface area contributed by atoms with Crippen molar-refractivity contribution in [3.63, 3.8) is 0 Å². The lowest BCUT2D eigenvalue weighted by atomic mass is 10.2. The summed E-state index contributed by atoms with van der Waals surface area (Å²) >= 11 is 0. The van der Waals surface area contributed by atoms with Crippen LogP contribution in [0.5, 0.6) is 0 Å². The molecule has 3 aromatic rings. The summed E-state index contributed by atoms with van der Waals surface area (Å²) < 4.78 is 32.1. The fraction of sp³-hybridized carbons (Fsp3) is 0. The van der Waals surface area contributed by atoms with Crippen LogP contribution in [0.3, 0.4) is 0 Å². The fourth-order valence-electron chi connectivity index (χ4n) is 1.84. The minimum atomic E-state index is -0.739. The Hall–Kier alpha value is -2.82. The van der Waals surface area contributed by atoms with E-state index < -0.39 is 11.6 Å². The van der Waals surface area contributed by atoms with Crippen LogP contribution >= 0.6 is 0 Å². The lowest BCUT2D eigenvalue weighted by Crippen LogP contribution is -1.89. The molecule has 0 amide bonds. The first-order chi connectivity index (χ1) is 10.2. The van der Waals surface area contributed by atoms with Crippen molar-refractivity contribution in [2.75, 3.05) is 0 Å². The molecule has 0 saturated heterocycles. The summed E-state index contributed by atoms with van der Waals surface area (Å²) in [5.41, 5.74) is 0.644. The third kappa shape index (κ3) is 2.86. The Morgan fingerprint density at radius 2 is 1.57 bits per heavy atom. The van der Waals surface area contributed by atoms with Crippen molar-refractivity contribution in [2.45, 2.75) is 0 Å². The lowest BCUT2D eigenvalue weighted by molar-refractivity contribution is 0.423. The van der Waals surface area contributed by atoms with Gasteiger partial charge in [0, 0.05) is 0 Å². The number of nitrogens with zero attached hydrogens (tertiary/aromatic N) is 2.